The van der Waals surface area contributed by atoms with E-state index in [9.17, 15) is 14.9 Å². The number of hydrogen-bond acceptors (Lipinski definition) is 4. The SMILES string of the molecule is O=C(O)/C=C/c1ccccc1Oc1ccccc1[N+](=O)[O-]. The third kappa shape index (κ3) is 3.66. The van der Waals surface area contributed by atoms with Crippen molar-refractivity contribution in [2.45, 2.75) is 0 Å². The topological polar surface area (TPSA) is 89.7 Å². The van der Waals surface area contributed by atoms with Crippen molar-refractivity contribution < 1.29 is 19.6 Å². The van der Waals surface area contributed by atoms with Gasteiger partial charge in [-0.05, 0) is 18.2 Å². The standard InChI is InChI=1S/C15H11NO5/c17-15(18)10-9-11-5-1-3-7-13(11)21-14-8-4-2-6-12(14)16(19)20/h1-10H,(H,17,18)/b10-9+. The maximum absolute atomic E-state index is 10.9. The molecule has 2 aromatic carbocycles. The molecule has 0 fully saturated rings. The lowest BCUT2D eigenvalue weighted by atomic mass is 10.2. The smallest absolute Gasteiger partial charge is 0.328 e. The van der Waals surface area contributed by atoms with E-state index in [4.69, 9.17) is 9.84 Å². The van der Waals surface area contributed by atoms with Gasteiger partial charge in [0.05, 0.1) is 4.92 Å². The predicted octanol–water partition coefficient (Wildman–Crippen LogP) is 3.48. The van der Waals surface area contributed by atoms with E-state index in [1.807, 2.05) is 0 Å². The lowest BCUT2D eigenvalue weighted by Gasteiger charge is -2.08. The van der Waals surface area contributed by atoms with Crippen LogP contribution < -0.4 is 4.74 Å². The number of nitro groups is 1. The summed E-state index contributed by atoms with van der Waals surface area (Å²) >= 11 is 0. The number of para-hydroxylation sites is 3. The summed E-state index contributed by atoms with van der Waals surface area (Å²) in [6.45, 7) is 0. The summed E-state index contributed by atoms with van der Waals surface area (Å²) in [6.07, 6.45) is 2.34. The maximum atomic E-state index is 10.9. The van der Waals surface area contributed by atoms with Crippen LogP contribution in [0.3, 0.4) is 0 Å². The highest BCUT2D eigenvalue weighted by Crippen LogP contribution is 2.32. The first-order valence-electron chi connectivity index (χ1n) is 5.99. The van der Waals surface area contributed by atoms with Crippen molar-refractivity contribution in [2.75, 3.05) is 0 Å². The van der Waals surface area contributed by atoms with E-state index in [-0.39, 0.29) is 11.4 Å². The molecule has 6 nitrogen and oxygen atoms in total. The Balaban J connectivity index is 2.37. The summed E-state index contributed by atoms with van der Waals surface area (Å²) in [5, 5.41) is 19.6. The number of carboxylic acids is 1. The van der Waals surface area contributed by atoms with Crippen molar-refractivity contribution in [3.63, 3.8) is 0 Å². The number of ether oxygens (including phenoxy) is 1. The second-order valence-corrected chi connectivity index (χ2v) is 4.04. The zero-order valence-corrected chi connectivity index (χ0v) is 10.8. The molecule has 0 aliphatic heterocycles. The van der Waals surface area contributed by atoms with Crippen LogP contribution in [0.4, 0.5) is 5.69 Å². The molecule has 0 saturated carbocycles. The summed E-state index contributed by atoms with van der Waals surface area (Å²) in [5.41, 5.74) is 0.354. The van der Waals surface area contributed by atoms with Crippen LogP contribution in [-0.2, 0) is 4.79 Å². The number of nitro benzene ring substituents is 1. The van der Waals surface area contributed by atoms with Crippen LogP contribution in [0.15, 0.2) is 54.6 Å². The van der Waals surface area contributed by atoms with Gasteiger partial charge in [-0.3, -0.25) is 10.1 Å². The second kappa shape index (κ2) is 6.33. The molecule has 0 aliphatic rings. The fourth-order valence-electron chi connectivity index (χ4n) is 1.69. The summed E-state index contributed by atoms with van der Waals surface area (Å²) in [5.74, 6) is -0.654. The molecule has 0 heterocycles. The fourth-order valence-corrected chi connectivity index (χ4v) is 1.69. The zero-order chi connectivity index (χ0) is 15.2. The minimum Gasteiger partial charge on any atom is -0.478 e. The lowest BCUT2D eigenvalue weighted by Crippen LogP contribution is -1.94. The van der Waals surface area contributed by atoms with E-state index in [1.54, 1.807) is 36.4 Å². The Kier molecular flexibility index (Phi) is 4.30. The number of carbonyl (C=O) groups is 1. The number of aliphatic carboxylic acids is 1. The summed E-state index contributed by atoms with van der Waals surface area (Å²) in [4.78, 5) is 21.0. The van der Waals surface area contributed by atoms with Gasteiger partial charge in [-0.1, -0.05) is 30.3 Å². The molecule has 0 unspecified atom stereocenters. The number of benzene rings is 2. The molecule has 0 aromatic heterocycles. The molecule has 0 spiro atoms. The van der Waals surface area contributed by atoms with E-state index in [2.05, 4.69) is 0 Å². The molecule has 2 aromatic rings. The Labute approximate surface area is 120 Å². The van der Waals surface area contributed by atoms with Gasteiger partial charge in [-0.2, -0.15) is 0 Å². The molecule has 0 atom stereocenters. The highest BCUT2D eigenvalue weighted by atomic mass is 16.6. The molecule has 0 bridgehead atoms. The van der Waals surface area contributed by atoms with Gasteiger partial charge in [-0.15, -0.1) is 0 Å². The number of rotatable bonds is 5. The molecule has 21 heavy (non-hydrogen) atoms. The first-order valence-corrected chi connectivity index (χ1v) is 5.99. The monoisotopic (exact) mass is 285 g/mol. The second-order valence-electron chi connectivity index (χ2n) is 4.04. The van der Waals surface area contributed by atoms with Crippen molar-refractivity contribution in [2.24, 2.45) is 0 Å². The largest absolute Gasteiger partial charge is 0.478 e. The average Bonchev–Trinajstić information content (AvgIpc) is 2.46. The van der Waals surface area contributed by atoms with Crippen LogP contribution in [0, 0.1) is 10.1 Å². The fraction of sp³-hybridized carbons (Fsp3) is 0. The van der Waals surface area contributed by atoms with Gasteiger partial charge in [-0.25, -0.2) is 4.79 Å². The van der Waals surface area contributed by atoms with Gasteiger partial charge < -0.3 is 9.84 Å². The third-order valence-electron chi connectivity index (χ3n) is 2.61. The van der Waals surface area contributed by atoms with Crippen molar-refractivity contribution in [3.05, 3.63) is 70.3 Å². The number of carboxylic acid groups (broad SMARTS) is 1. The van der Waals surface area contributed by atoms with E-state index in [0.717, 1.165) is 6.08 Å². The van der Waals surface area contributed by atoms with Crippen LogP contribution in [0.5, 0.6) is 11.5 Å². The predicted molar refractivity (Wildman–Crippen MR) is 76.3 cm³/mol. The molecular formula is C15H11NO5. The van der Waals surface area contributed by atoms with Crippen LogP contribution in [0.2, 0.25) is 0 Å². The van der Waals surface area contributed by atoms with E-state index in [0.29, 0.717) is 11.3 Å². The molecule has 0 radical (unpaired) electrons. The zero-order valence-electron chi connectivity index (χ0n) is 10.8. The van der Waals surface area contributed by atoms with E-state index >= 15 is 0 Å². The molecular weight excluding hydrogens is 274 g/mol. The lowest BCUT2D eigenvalue weighted by molar-refractivity contribution is -0.385. The summed E-state index contributed by atoms with van der Waals surface area (Å²) in [7, 11) is 0. The third-order valence-corrected chi connectivity index (χ3v) is 2.61. The minimum absolute atomic E-state index is 0.0960. The minimum atomic E-state index is -1.09. The first kappa shape index (κ1) is 14.3. The summed E-state index contributed by atoms with van der Waals surface area (Å²) in [6, 6.07) is 12.7. The molecule has 0 aliphatic carbocycles. The molecule has 106 valence electrons. The van der Waals surface area contributed by atoms with Crippen molar-refractivity contribution in [3.8, 4) is 11.5 Å². The highest BCUT2D eigenvalue weighted by Gasteiger charge is 2.15. The Bertz CT molecular complexity index is 709. The van der Waals surface area contributed by atoms with Crippen LogP contribution in [-0.4, -0.2) is 16.0 Å². The van der Waals surface area contributed by atoms with Crippen molar-refractivity contribution >= 4 is 17.7 Å². The molecule has 0 amide bonds. The van der Waals surface area contributed by atoms with E-state index in [1.165, 1.54) is 18.2 Å². The summed E-state index contributed by atoms with van der Waals surface area (Å²) < 4.78 is 5.55. The molecule has 2 rings (SSSR count). The number of hydrogen-bond donors (Lipinski definition) is 1. The van der Waals surface area contributed by atoms with Crippen molar-refractivity contribution in [1.82, 2.24) is 0 Å². The first-order chi connectivity index (χ1) is 10.1. The van der Waals surface area contributed by atoms with Crippen LogP contribution in [0.1, 0.15) is 5.56 Å². The van der Waals surface area contributed by atoms with Gasteiger partial charge in [0, 0.05) is 17.7 Å². The molecule has 6 heteroatoms. The maximum Gasteiger partial charge on any atom is 0.328 e. The van der Waals surface area contributed by atoms with Crippen molar-refractivity contribution in [1.29, 1.82) is 0 Å². The van der Waals surface area contributed by atoms with Gasteiger partial charge in [0.15, 0.2) is 0 Å². The highest BCUT2D eigenvalue weighted by molar-refractivity contribution is 5.85. The Morgan fingerprint density at radius 3 is 2.38 bits per heavy atom. The van der Waals surface area contributed by atoms with Crippen LogP contribution >= 0.6 is 0 Å². The normalized spacial score (nSPS) is 10.5. The van der Waals surface area contributed by atoms with E-state index < -0.39 is 10.9 Å². The van der Waals surface area contributed by atoms with Gasteiger partial charge >= 0.3 is 11.7 Å². The Morgan fingerprint density at radius 1 is 1.10 bits per heavy atom. The van der Waals surface area contributed by atoms with Gasteiger partial charge in [0.25, 0.3) is 0 Å². The Morgan fingerprint density at radius 2 is 1.71 bits per heavy atom. The Hall–Kier alpha value is -3.15. The average molecular weight is 285 g/mol. The van der Waals surface area contributed by atoms with Gasteiger partial charge in [0.2, 0.25) is 5.75 Å². The number of nitrogens with zero attached hydrogens (tertiary/aromatic N) is 1. The van der Waals surface area contributed by atoms with Crippen LogP contribution in [0.25, 0.3) is 6.08 Å². The quantitative estimate of drug-likeness (QED) is 0.516. The molecule has 1 N–H and O–H groups in total. The van der Waals surface area contributed by atoms with Gasteiger partial charge in [0.1, 0.15) is 5.75 Å². The molecule has 0 saturated heterocycles.